The van der Waals surface area contributed by atoms with Crippen LogP contribution in [0.25, 0.3) is 0 Å². The number of fused-ring (bicyclic) bond motifs is 2. The van der Waals surface area contributed by atoms with E-state index in [0.717, 1.165) is 25.8 Å². The summed E-state index contributed by atoms with van der Waals surface area (Å²) in [5, 5.41) is 8.35. The van der Waals surface area contributed by atoms with Gasteiger partial charge in [-0.1, -0.05) is 26.0 Å². The summed E-state index contributed by atoms with van der Waals surface area (Å²) in [7, 11) is 3.89. The largest absolute Gasteiger partial charge is 0.491 e. The minimum Gasteiger partial charge on any atom is -0.491 e. The average Bonchev–Trinajstić information content (AvgIpc) is 3.31. The van der Waals surface area contributed by atoms with Crippen LogP contribution < -0.4 is 20.7 Å². The number of hydrogen-bond donors (Lipinski definition) is 3. The molecular formula is C26H39N5O5. The lowest BCUT2D eigenvalue weighted by molar-refractivity contribution is -0.139. The molecule has 10 heteroatoms. The van der Waals surface area contributed by atoms with Crippen molar-refractivity contribution in [3.05, 3.63) is 29.8 Å². The molecule has 0 saturated carbocycles. The monoisotopic (exact) mass is 501 g/mol. The molecule has 0 radical (unpaired) electrons. The second-order valence-corrected chi connectivity index (χ2v) is 10.1. The van der Waals surface area contributed by atoms with Crippen LogP contribution in [-0.4, -0.2) is 91.9 Å². The molecule has 0 aliphatic carbocycles. The van der Waals surface area contributed by atoms with Gasteiger partial charge < -0.3 is 30.5 Å². The van der Waals surface area contributed by atoms with Crippen LogP contribution in [0.5, 0.6) is 5.75 Å². The fourth-order valence-electron chi connectivity index (χ4n) is 4.55. The van der Waals surface area contributed by atoms with Crippen molar-refractivity contribution in [1.82, 2.24) is 25.8 Å². The van der Waals surface area contributed by atoms with Crippen LogP contribution in [-0.2, 0) is 14.4 Å². The van der Waals surface area contributed by atoms with Crippen molar-refractivity contribution in [2.45, 2.75) is 57.7 Å². The van der Waals surface area contributed by atoms with Crippen LogP contribution in [0.3, 0.4) is 0 Å². The van der Waals surface area contributed by atoms with E-state index in [1.807, 2.05) is 32.8 Å². The Hall–Kier alpha value is -3.14. The van der Waals surface area contributed by atoms with Gasteiger partial charge in [0.1, 0.15) is 24.4 Å². The van der Waals surface area contributed by atoms with E-state index in [4.69, 9.17) is 4.74 Å². The van der Waals surface area contributed by atoms with E-state index < -0.39 is 29.8 Å². The number of nitrogens with one attached hydrogen (secondary N) is 3. The highest BCUT2D eigenvalue weighted by Gasteiger charge is 2.37. The Kier molecular flexibility index (Phi) is 9.69. The summed E-state index contributed by atoms with van der Waals surface area (Å²) in [6.07, 6.45) is 2.07. The second kappa shape index (κ2) is 12.7. The van der Waals surface area contributed by atoms with Crippen LogP contribution in [0.2, 0.25) is 0 Å². The topological polar surface area (TPSA) is 120 Å². The Balaban J connectivity index is 1.87. The smallest absolute Gasteiger partial charge is 0.255 e. The van der Waals surface area contributed by atoms with Gasteiger partial charge in [0.15, 0.2) is 0 Å². The van der Waals surface area contributed by atoms with Gasteiger partial charge in [0, 0.05) is 13.1 Å². The third-order valence-electron chi connectivity index (χ3n) is 6.57. The maximum absolute atomic E-state index is 13.4. The SMILES string of the molecule is CC(C)[C@@H]1NC(=O)C[C@@H](C(=O)NCCCN(C)C)NC(=O)c2ccccc2OC[C@H]2CCCN2C1=O. The summed E-state index contributed by atoms with van der Waals surface area (Å²) >= 11 is 0. The Morgan fingerprint density at radius 3 is 2.67 bits per heavy atom. The van der Waals surface area contributed by atoms with Gasteiger partial charge in [-0.05, 0) is 58.0 Å². The van der Waals surface area contributed by atoms with Gasteiger partial charge in [-0.15, -0.1) is 0 Å². The van der Waals surface area contributed by atoms with E-state index in [9.17, 15) is 19.2 Å². The predicted octanol–water partition coefficient (Wildman–Crippen LogP) is 0.767. The number of hydrogen-bond acceptors (Lipinski definition) is 6. The molecule has 2 heterocycles. The number of nitrogens with zero attached hydrogens (tertiary/aromatic N) is 2. The Labute approximate surface area is 213 Å². The van der Waals surface area contributed by atoms with Crippen molar-refractivity contribution < 1.29 is 23.9 Å². The maximum atomic E-state index is 13.4. The molecule has 3 atom stereocenters. The third-order valence-corrected chi connectivity index (χ3v) is 6.57. The number of amides is 4. The van der Waals surface area contributed by atoms with Crippen molar-refractivity contribution in [1.29, 1.82) is 0 Å². The van der Waals surface area contributed by atoms with E-state index in [0.29, 0.717) is 18.8 Å². The molecule has 1 aromatic carbocycles. The van der Waals surface area contributed by atoms with Gasteiger partial charge in [0.25, 0.3) is 5.91 Å². The Bertz CT molecular complexity index is 950. The molecule has 2 aliphatic heterocycles. The van der Waals surface area contributed by atoms with Crippen molar-refractivity contribution in [3.8, 4) is 5.75 Å². The molecule has 1 fully saturated rings. The molecule has 0 unspecified atom stereocenters. The highest BCUT2D eigenvalue weighted by Crippen LogP contribution is 2.24. The standard InChI is InChI=1S/C26H39N5O5/c1-17(2)23-26(35)31-14-7-9-18(31)16-36-21-11-6-5-10-19(21)24(33)28-20(15-22(32)29-23)25(34)27-12-8-13-30(3)4/h5-6,10-11,17-18,20,23H,7-9,12-16H2,1-4H3,(H,27,34)(H,28,33)(H,29,32)/t18-,20+,23+/m1/s1. The molecule has 198 valence electrons. The first-order chi connectivity index (χ1) is 17.2. The highest BCUT2D eigenvalue weighted by atomic mass is 16.5. The molecule has 3 rings (SSSR count). The van der Waals surface area contributed by atoms with Gasteiger partial charge in [-0.2, -0.15) is 0 Å². The number of benzene rings is 1. The van der Waals surface area contributed by atoms with Crippen LogP contribution in [0, 0.1) is 5.92 Å². The summed E-state index contributed by atoms with van der Waals surface area (Å²) in [6, 6.07) is 4.83. The summed E-state index contributed by atoms with van der Waals surface area (Å²) in [5.74, 6) is -1.33. The summed E-state index contributed by atoms with van der Waals surface area (Å²) in [6.45, 7) is 5.78. The summed E-state index contributed by atoms with van der Waals surface area (Å²) in [5.41, 5.74) is 0.274. The minimum atomic E-state index is -1.10. The predicted molar refractivity (Wildman–Crippen MR) is 135 cm³/mol. The van der Waals surface area contributed by atoms with Gasteiger partial charge >= 0.3 is 0 Å². The Morgan fingerprint density at radius 2 is 1.94 bits per heavy atom. The lowest BCUT2D eigenvalue weighted by Crippen LogP contribution is -2.55. The van der Waals surface area contributed by atoms with Crippen LogP contribution >= 0.6 is 0 Å². The average molecular weight is 502 g/mol. The molecule has 1 aromatic rings. The number of carbonyl (C=O) groups excluding carboxylic acids is 4. The van der Waals surface area contributed by atoms with Crippen molar-refractivity contribution in [3.63, 3.8) is 0 Å². The molecule has 0 aromatic heterocycles. The normalized spacial score (nSPS) is 23.3. The molecule has 36 heavy (non-hydrogen) atoms. The molecule has 0 bridgehead atoms. The minimum absolute atomic E-state index is 0.143. The van der Waals surface area contributed by atoms with Crippen molar-refractivity contribution >= 4 is 23.6 Å². The molecular weight excluding hydrogens is 462 g/mol. The number of rotatable bonds is 6. The zero-order valence-electron chi connectivity index (χ0n) is 21.7. The van der Waals surface area contributed by atoms with E-state index >= 15 is 0 Å². The van der Waals surface area contributed by atoms with Crippen molar-refractivity contribution in [2.75, 3.05) is 40.3 Å². The van der Waals surface area contributed by atoms with E-state index in [2.05, 4.69) is 16.0 Å². The molecule has 10 nitrogen and oxygen atoms in total. The first-order valence-electron chi connectivity index (χ1n) is 12.7. The lowest BCUT2D eigenvalue weighted by atomic mass is 10.0. The number of carbonyl (C=O) groups is 4. The van der Waals surface area contributed by atoms with E-state index in [-0.39, 0.29) is 36.5 Å². The Morgan fingerprint density at radius 1 is 1.19 bits per heavy atom. The van der Waals surface area contributed by atoms with Crippen LogP contribution in [0.1, 0.15) is 49.9 Å². The molecule has 0 spiro atoms. The first kappa shape index (κ1) is 27.4. The zero-order valence-corrected chi connectivity index (χ0v) is 21.7. The van der Waals surface area contributed by atoms with E-state index in [1.54, 1.807) is 29.2 Å². The summed E-state index contributed by atoms with van der Waals surface area (Å²) in [4.78, 5) is 56.4. The van der Waals surface area contributed by atoms with Crippen LogP contribution in [0.15, 0.2) is 24.3 Å². The molecule has 3 N–H and O–H groups in total. The first-order valence-corrected chi connectivity index (χ1v) is 12.7. The second-order valence-electron chi connectivity index (χ2n) is 10.1. The van der Waals surface area contributed by atoms with Gasteiger partial charge in [-0.3, -0.25) is 19.2 Å². The highest BCUT2D eigenvalue weighted by molar-refractivity contribution is 6.01. The number of ether oxygens (including phenoxy) is 1. The van der Waals surface area contributed by atoms with Gasteiger partial charge in [0.05, 0.1) is 18.0 Å². The van der Waals surface area contributed by atoms with E-state index in [1.165, 1.54) is 0 Å². The summed E-state index contributed by atoms with van der Waals surface area (Å²) < 4.78 is 6.03. The number of para-hydroxylation sites is 1. The zero-order chi connectivity index (χ0) is 26.2. The maximum Gasteiger partial charge on any atom is 0.255 e. The molecule has 1 saturated heterocycles. The quantitative estimate of drug-likeness (QED) is 0.496. The fraction of sp³-hybridized carbons (Fsp3) is 0.615. The third kappa shape index (κ3) is 7.19. The molecule has 2 aliphatic rings. The fourth-order valence-corrected chi connectivity index (χ4v) is 4.55. The van der Waals surface area contributed by atoms with Gasteiger partial charge in [-0.25, -0.2) is 0 Å². The van der Waals surface area contributed by atoms with Gasteiger partial charge in [0.2, 0.25) is 17.7 Å². The van der Waals surface area contributed by atoms with Crippen molar-refractivity contribution in [2.24, 2.45) is 5.92 Å². The van der Waals surface area contributed by atoms with Crippen LogP contribution in [0.4, 0.5) is 0 Å². The molecule has 4 amide bonds. The lowest BCUT2D eigenvalue weighted by Gasteiger charge is -2.32.